The third kappa shape index (κ3) is 2.47. The molecule has 1 aromatic rings. The fraction of sp³-hybridized carbons (Fsp3) is 0.727. The lowest BCUT2D eigenvalue weighted by Gasteiger charge is -2.34. The molecule has 2 unspecified atom stereocenters. The number of aliphatic hydroxyl groups excluding tert-OH is 1. The SMILES string of the molecule is CCc1nnsc1C(=O)N1CCC(O)C(C)C1. The zero-order valence-corrected chi connectivity index (χ0v) is 10.9. The van der Waals surface area contributed by atoms with Crippen molar-refractivity contribution in [2.24, 2.45) is 5.92 Å². The standard InChI is InChI=1S/C11H17N3O2S/c1-3-8-10(17-13-12-8)11(16)14-5-4-9(15)7(2)6-14/h7,9,15H,3-6H2,1-2H3. The van der Waals surface area contributed by atoms with E-state index in [9.17, 15) is 9.90 Å². The fourth-order valence-corrected chi connectivity index (χ4v) is 2.78. The summed E-state index contributed by atoms with van der Waals surface area (Å²) < 4.78 is 3.84. The van der Waals surface area contributed by atoms with Crippen LogP contribution in [0.5, 0.6) is 0 Å². The second-order valence-electron chi connectivity index (χ2n) is 4.49. The van der Waals surface area contributed by atoms with Gasteiger partial charge in [-0.3, -0.25) is 4.79 Å². The average molecular weight is 255 g/mol. The molecule has 1 saturated heterocycles. The van der Waals surface area contributed by atoms with Crippen LogP contribution in [0, 0.1) is 5.92 Å². The number of rotatable bonds is 2. The molecule has 5 nitrogen and oxygen atoms in total. The molecule has 0 radical (unpaired) electrons. The van der Waals surface area contributed by atoms with Crippen molar-refractivity contribution in [1.29, 1.82) is 0 Å². The molecule has 0 aliphatic carbocycles. The van der Waals surface area contributed by atoms with Crippen LogP contribution in [-0.2, 0) is 6.42 Å². The van der Waals surface area contributed by atoms with Gasteiger partial charge in [0.1, 0.15) is 4.88 Å². The maximum Gasteiger partial charge on any atom is 0.267 e. The van der Waals surface area contributed by atoms with Crippen molar-refractivity contribution >= 4 is 17.4 Å². The van der Waals surface area contributed by atoms with Crippen molar-refractivity contribution in [2.45, 2.75) is 32.8 Å². The predicted octanol–water partition coefficient (Wildman–Crippen LogP) is 0.943. The molecule has 1 N–H and O–H groups in total. The largest absolute Gasteiger partial charge is 0.393 e. The Morgan fingerprint density at radius 1 is 1.65 bits per heavy atom. The summed E-state index contributed by atoms with van der Waals surface area (Å²) in [5.41, 5.74) is 0.777. The van der Waals surface area contributed by atoms with E-state index in [1.165, 1.54) is 0 Å². The maximum absolute atomic E-state index is 12.3. The zero-order valence-electron chi connectivity index (χ0n) is 10.1. The van der Waals surface area contributed by atoms with Crippen molar-refractivity contribution in [1.82, 2.24) is 14.5 Å². The first kappa shape index (κ1) is 12.4. The summed E-state index contributed by atoms with van der Waals surface area (Å²) in [4.78, 5) is 14.7. The van der Waals surface area contributed by atoms with Gasteiger partial charge in [0.05, 0.1) is 11.8 Å². The van der Waals surface area contributed by atoms with E-state index in [2.05, 4.69) is 9.59 Å². The number of aryl methyl sites for hydroxylation is 1. The minimum absolute atomic E-state index is 0.00981. The van der Waals surface area contributed by atoms with E-state index < -0.39 is 0 Å². The second-order valence-corrected chi connectivity index (χ2v) is 5.24. The van der Waals surface area contributed by atoms with E-state index in [0.717, 1.165) is 23.6 Å². The monoisotopic (exact) mass is 255 g/mol. The van der Waals surface area contributed by atoms with Crippen LogP contribution in [0.4, 0.5) is 0 Å². The Hall–Kier alpha value is -1.01. The third-order valence-electron chi connectivity index (χ3n) is 3.23. The first-order chi connectivity index (χ1) is 8.13. The highest BCUT2D eigenvalue weighted by atomic mass is 32.1. The fourth-order valence-electron chi connectivity index (χ4n) is 2.06. The number of aromatic nitrogens is 2. The number of hydrogen-bond donors (Lipinski definition) is 1. The normalized spacial score (nSPS) is 25.0. The minimum Gasteiger partial charge on any atom is -0.393 e. The van der Waals surface area contributed by atoms with Gasteiger partial charge < -0.3 is 10.0 Å². The molecule has 1 aliphatic rings. The molecule has 2 rings (SSSR count). The quantitative estimate of drug-likeness (QED) is 0.854. The Morgan fingerprint density at radius 2 is 2.41 bits per heavy atom. The number of hydrogen-bond acceptors (Lipinski definition) is 5. The summed E-state index contributed by atoms with van der Waals surface area (Å²) in [5, 5.41) is 13.6. The number of aliphatic hydroxyl groups is 1. The van der Waals surface area contributed by atoms with Gasteiger partial charge in [-0.2, -0.15) is 0 Å². The minimum atomic E-state index is -0.288. The van der Waals surface area contributed by atoms with Gasteiger partial charge in [0, 0.05) is 13.1 Å². The van der Waals surface area contributed by atoms with E-state index in [4.69, 9.17) is 0 Å². The Morgan fingerprint density at radius 3 is 3.06 bits per heavy atom. The van der Waals surface area contributed by atoms with E-state index in [-0.39, 0.29) is 17.9 Å². The third-order valence-corrected chi connectivity index (χ3v) is 3.99. The molecular weight excluding hydrogens is 238 g/mol. The number of nitrogens with zero attached hydrogens (tertiary/aromatic N) is 3. The van der Waals surface area contributed by atoms with Crippen molar-refractivity contribution in [3.8, 4) is 0 Å². The van der Waals surface area contributed by atoms with Gasteiger partial charge in [0.25, 0.3) is 5.91 Å². The van der Waals surface area contributed by atoms with Crippen molar-refractivity contribution in [3.05, 3.63) is 10.6 Å². The number of carbonyl (C=O) groups is 1. The summed E-state index contributed by atoms with van der Waals surface area (Å²) in [7, 11) is 0. The molecule has 1 fully saturated rings. The highest BCUT2D eigenvalue weighted by Crippen LogP contribution is 2.21. The Kier molecular flexibility index (Phi) is 3.73. The first-order valence-electron chi connectivity index (χ1n) is 5.92. The summed E-state index contributed by atoms with van der Waals surface area (Å²) in [6, 6.07) is 0. The molecule has 0 saturated carbocycles. The van der Waals surface area contributed by atoms with E-state index in [0.29, 0.717) is 24.4 Å². The number of amides is 1. The Balaban J connectivity index is 2.10. The average Bonchev–Trinajstić information content (AvgIpc) is 2.80. The summed E-state index contributed by atoms with van der Waals surface area (Å²) in [6.45, 7) is 5.16. The molecule has 1 aliphatic heterocycles. The summed E-state index contributed by atoms with van der Waals surface area (Å²) in [6.07, 6.45) is 1.09. The predicted molar refractivity (Wildman–Crippen MR) is 65.0 cm³/mol. The lowest BCUT2D eigenvalue weighted by atomic mass is 9.96. The summed E-state index contributed by atoms with van der Waals surface area (Å²) >= 11 is 1.16. The van der Waals surface area contributed by atoms with E-state index in [1.807, 2.05) is 13.8 Å². The van der Waals surface area contributed by atoms with Crippen molar-refractivity contribution < 1.29 is 9.90 Å². The molecule has 2 atom stereocenters. The van der Waals surface area contributed by atoms with Crippen LogP contribution in [0.15, 0.2) is 0 Å². The second kappa shape index (κ2) is 5.10. The van der Waals surface area contributed by atoms with Crippen molar-refractivity contribution in [3.63, 3.8) is 0 Å². The van der Waals surface area contributed by atoms with Gasteiger partial charge in [-0.15, -0.1) is 5.10 Å². The van der Waals surface area contributed by atoms with Crippen LogP contribution in [-0.4, -0.2) is 44.7 Å². The molecule has 0 bridgehead atoms. The van der Waals surface area contributed by atoms with Crippen molar-refractivity contribution in [2.75, 3.05) is 13.1 Å². The maximum atomic E-state index is 12.3. The van der Waals surface area contributed by atoms with Crippen LogP contribution < -0.4 is 0 Å². The highest BCUT2D eigenvalue weighted by molar-refractivity contribution is 7.08. The molecule has 17 heavy (non-hydrogen) atoms. The molecule has 0 spiro atoms. The molecule has 94 valence electrons. The number of likely N-dealkylation sites (tertiary alicyclic amines) is 1. The van der Waals surface area contributed by atoms with Crippen LogP contribution in [0.25, 0.3) is 0 Å². The Labute approximate surface area is 105 Å². The van der Waals surface area contributed by atoms with Gasteiger partial charge in [0.15, 0.2) is 0 Å². The Bertz CT molecular complexity index is 407. The zero-order chi connectivity index (χ0) is 12.4. The van der Waals surface area contributed by atoms with Crippen LogP contribution in [0.3, 0.4) is 0 Å². The molecular formula is C11H17N3O2S. The van der Waals surface area contributed by atoms with E-state index >= 15 is 0 Å². The van der Waals surface area contributed by atoms with Gasteiger partial charge in [-0.05, 0) is 30.3 Å². The highest BCUT2D eigenvalue weighted by Gasteiger charge is 2.29. The summed E-state index contributed by atoms with van der Waals surface area (Å²) in [5.74, 6) is 0.147. The van der Waals surface area contributed by atoms with E-state index in [1.54, 1.807) is 4.90 Å². The first-order valence-corrected chi connectivity index (χ1v) is 6.69. The lowest BCUT2D eigenvalue weighted by molar-refractivity contribution is 0.0300. The molecule has 1 amide bonds. The van der Waals surface area contributed by atoms with Crippen LogP contribution in [0.2, 0.25) is 0 Å². The number of piperidine rings is 1. The lowest BCUT2D eigenvalue weighted by Crippen LogP contribution is -2.44. The van der Waals surface area contributed by atoms with Gasteiger partial charge in [0.2, 0.25) is 0 Å². The molecule has 0 aromatic carbocycles. The van der Waals surface area contributed by atoms with Gasteiger partial charge >= 0.3 is 0 Å². The van der Waals surface area contributed by atoms with Crippen LogP contribution in [0.1, 0.15) is 35.6 Å². The van der Waals surface area contributed by atoms with Crippen LogP contribution >= 0.6 is 11.5 Å². The smallest absolute Gasteiger partial charge is 0.267 e. The molecule has 6 heteroatoms. The van der Waals surface area contributed by atoms with Gasteiger partial charge in [-0.25, -0.2) is 0 Å². The molecule has 2 heterocycles. The molecule has 1 aromatic heterocycles. The number of carbonyl (C=O) groups excluding carboxylic acids is 1. The topological polar surface area (TPSA) is 66.3 Å². The van der Waals surface area contributed by atoms with Gasteiger partial charge in [-0.1, -0.05) is 18.3 Å².